The Morgan fingerprint density at radius 2 is 1.31 bits per heavy atom. The fourth-order valence-electron chi connectivity index (χ4n) is 3.19. The van der Waals surface area contributed by atoms with Gasteiger partial charge >= 0.3 is 0 Å². The monoisotopic (exact) mass is 466 g/mol. The molecule has 2 aromatic rings. The standard InChI is InChI=1S/C23H31IO2/c1-14(2)16-10-9-11-17(15(3)4)20(16)21-18(25-8)12-13-19(22(21)24)26-23(5,6)7/h9-15H,1-8H3. The van der Waals surface area contributed by atoms with Gasteiger partial charge in [0.05, 0.1) is 10.7 Å². The molecule has 3 heteroatoms. The number of benzene rings is 2. The fourth-order valence-corrected chi connectivity index (χ4v) is 4.02. The van der Waals surface area contributed by atoms with Crippen molar-refractivity contribution in [3.63, 3.8) is 0 Å². The average molecular weight is 466 g/mol. The highest BCUT2D eigenvalue weighted by molar-refractivity contribution is 14.1. The van der Waals surface area contributed by atoms with Crippen LogP contribution >= 0.6 is 22.6 Å². The van der Waals surface area contributed by atoms with Gasteiger partial charge in [0.1, 0.15) is 17.1 Å². The van der Waals surface area contributed by atoms with Crippen LogP contribution < -0.4 is 9.47 Å². The first-order valence-electron chi connectivity index (χ1n) is 9.25. The van der Waals surface area contributed by atoms with Gasteiger partial charge in [0.2, 0.25) is 0 Å². The van der Waals surface area contributed by atoms with Gasteiger partial charge in [-0.05, 0) is 84.0 Å². The topological polar surface area (TPSA) is 18.5 Å². The molecule has 26 heavy (non-hydrogen) atoms. The third kappa shape index (κ3) is 4.54. The average Bonchev–Trinajstić information content (AvgIpc) is 2.54. The number of halogens is 1. The van der Waals surface area contributed by atoms with Gasteiger partial charge in [-0.15, -0.1) is 0 Å². The van der Waals surface area contributed by atoms with Crippen LogP contribution in [-0.4, -0.2) is 12.7 Å². The van der Waals surface area contributed by atoms with Crippen LogP contribution in [0.5, 0.6) is 11.5 Å². The fraction of sp³-hybridized carbons (Fsp3) is 0.478. The first-order valence-corrected chi connectivity index (χ1v) is 10.3. The maximum atomic E-state index is 6.23. The minimum atomic E-state index is -0.246. The van der Waals surface area contributed by atoms with Crippen molar-refractivity contribution < 1.29 is 9.47 Å². The van der Waals surface area contributed by atoms with E-state index in [-0.39, 0.29) is 5.60 Å². The Labute approximate surface area is 172 Å². The van der Waals surface area contributed by atoms with E-state index in [0.717, 1.165) is 20.6 Å². The molecule has 0 N–H and O–H groups in total. The molecule has 0 radical (unpaired) electrons. The van der Waals surface area contributed by atoms with Crippen LogP contribution in [0.2, 0.25) is 0 Å². The summed E-state index contributed by atoms with van der Waals surface area (Å²) in [6, 6.07) is 10.7. The van der Waals surface area contributed by atoms with Crippen molar-refractivity contribution >= 4 is 22.6 Å². The molecule has 0 atom stereocenters. The predicted octanol–water partition coefficient (Wildman–Crippen LogP) is 7.39. The summed E-state index contributed by atoms with van der Waals surface area (Å²) in [5.74, 6) is 2.65. The minimum Gasteiger partial charge on any atom is -0.496 e. The second-order valence-corrected chi connectivity index (χ2v) is 9.37. The maximum Gasteiger partial charge on any atom is 0.134 e. The molecule has 2 aromatic carbocycles. The van der Waals surface area contributed by atoms with E-state index in [1.165, 1.54) is 16.7 Å². The molecule has 0 bridgehead atoms. The summed E-state index contributed by atoms with van der Waals surface area (Å²) in [7, 11) is 1.74. The molecular weight excluding hydrogens is 435 g/mol. The van der Waals surface area contributed by atoms with E-state index < -0.39 is 0 Å². The van der Waals surface area contributed by atoms with Crippen LogP contribution in [0.3, 0.4) is 0 Å². The number of hydrogen-bond acceptors (Lipinski definition) is 2. The van der Waals surface area contributed by atoms with E-state index in [9.17, 15) is 0 Å². The molecule has 0 spiro atoms. The summed E-state index contributed by atoms with van der Waals surface area (Å²) in [5.41, 5.74) is 4.88. The van der Waals surface area contributed by atoms with Crippen molar-refractivity contribution in [3.05, 3.63) is 45.0 Å². The summed E-state index contributed by atoms with van der Waals surface area (Å²) in [6.45, 7) is 15.2. The lowest BCUT2D eigenvalue weighted by molar-refractivity contribution is 0.129. The van der Waals surface area contributed by atoms with Gasteiger partial charge in [0, 0.05) is 5.56 Å². The third-order valence-corrected chi connectivity index (χ3v) is 5.40. The molecular formula is C23H31IO2. The Morgan fingerprint density at radius 1 is 0.808 bits per heavy atom. The van der Waals surface area contributed by atoms with Gasteiger partial charge in [-0.2, -0.15) is 0 Å². The Balaban J connectivity index is 2.85. The molecule has 0 saturated heterocycles. The Hall–Kier alpha value is -1.23. The lowest BCUT2D eigenvalue weighted by Crippen LogP contribution is -2.23. The van der Waals surface area contributed by atoms with Gasteiger partial charge < -0.3 is 9.47 Å². The lowest BCUT2D eigenvalue weighted by atomic mass is 9.84. The molecule has 0 amide bonds. The van der Waals surface area contributed by atoms with E-state index in [2.05, 4.69) is 89.3 Å². The van der Waals surface area contributed by atoms with Crippen molar-refractivity contribution in [2.75, 3.05) is 7.11 Å². The molecule has 0 saturated carbocycles. The van der Waals surface area contributed by atoms with Crippen LogP contribution in [0.25, 0.3) is 11.1 Å². The molecule has 0 heterocycles. The number of hydrogen-bond donors (Lipinski definition) is 0. The lowest BCUT2D eigenvalue weighted by Gasteiger charge is -2.26. The number of rotatable bonds is 5. The molecule has 0 aliphatic rings. The molecule has 142 valence electrons. The smallest absolute Gasteiger partial charge is 0.134 e. The maximum absolute atomic E-state index is 6.23. The van der Waals surface area contributed by atoms with E-state index >= 15 is 0 Å². The summed E-state index contributed by atoms with van der Waals surface area (Å²) in [6.07, 6.45) is 0. The normalized spacial score (nSPS) is 12.0. The molecule has 0 aliphatic heterocycles. The van der Waals surface area contributed by atoms with Crippen molar-refractivity contribution in [2.45, 2.75) is 65.9 Å². The van der Waals surface area contributed by atoms with E-state index in [4.69, 9.17) is 9.47 Å². The van der Waals surface area contributed by atoms with Gasteiger partial charge in [0.15, 0.2) is 0 Å². The van der Waals surface area contributed by atoms with Gasteiger partial charge in [-0.1, -0.05) is 45.9 Å². The number of methoxy groups -OCH3 is 1. The summed E-state index contributed by atoms with van der Waals surface area (Å²) < 4.78 is 13.1. The second kappa shape index (κ2) is 8.20. The zero-order valence-corrected chi connectivity index (χ0v) is 19.4. The molecule has 2 rings (SSSR count). The van der Waals surface area contributed by atoms with Gasteiger partial charge in [-0.25, -0.2) is 0 Å². The Morgan fingerprint density at radius 3 is 1.73 bits per heavy atom. The quantitative estimate of drug-likeness (QED) is 0.428. The highest BCUT2D eigenvalue weighted by atomic mass is 127. The van der Waals surface area contributed by atoms with Crippen LogP contribution in [-0.2, 0) is 0 Å². The SMILES string of the molecule is COc1ccc(OC(C)(C)C)c(I)c1-c1c(C(C)C)cccc1C(C)C. The van der Waals surface area contributed by atoms with Gasteiger partial charge in [-0.3, -0.25) is 0 Å². The minimum absolute atomic E-state index is 0.246. The zero-order valence-electron chi connectivity index (χ0n) is 17.2. The highest BCUT2D eigenvalue weighted by Gasteiger charge is 2.24. The van der Waals surface area contributed by atoms with Crippen molar-refractivity contribution in [2.24, 2.45) is 0 Å². The summed E-state index contributed by atoms with van der Waals surface area (Å²) >= 11 is 2.41. The van der Waals surface area contributed by atoms with Crippen LogP contribution in [0, 0.1) is 3.57 Å². The summed E-state index contributed by atoms with van der Waals surface area (Å²) in [5, 5.41) is 0. The zero-order chi connectivity index (χ0) is 19.6. The van der Waals surface area contributed by atoms with E-state index in [1.54, 1.807) is 7.11 Å². The Kier molecular flexibility index (Phi) is 6.65. The predicted molar refractivity (Wildman–Crippen MR) is 120 cm³/mol. The highest BCUT2D eigenvalue weighted by Crippen LogP contribution is 2.46. The summed E-state index contributed by atoms with van der Waals surface area (Å²) in [4.78, 5) is 0. The number of ether oxygens (including phenoxy) is 2. The van der Waals surface area contributed by atoms with Crippen LogP contribution in [0.1, 0.15) is 71.4 Å². The third-order valence-electron chi connectivity index (χ3n) is 4.33. The molecule has 0 aliphatic carbocycles. The molecule has 0 fully saturated rings. The van der Waals surface area contributed by atoms with Crippen molar-refractivity contribution in [3.8, 4) is 22.6 Å². The first kappa shape index (κ1) is 21.1. The molecule has 2 nitrogen and oxygen atoms in total. The van der Waals surface area contributed by atoms with E-state index in [0.29, 0.717) is 11.8 Å². The van der Waals surface area contributed by atoms with Crippen LogP contribution in [0.4, 0.5) is 0 Å². The van der Waals surface area contributed by atoms with Crippen molar-refractivity contribution in [1.82, 2.24) is 0 Å². The molecule has 0 aromatic heterocycles. The van der Waals surface area contributed by atoms with E-state index in [1.807, 2.05) is 12.1 Å². The van der Waals surface area contributed by atoms with Crippen LogP contribution in [0.15, 0.2) is 30.3 Å². The van der Waals surface area contributed by atoms with Crippen molar-refractivity contribution in [1.29, 1.82) is 0 Å². The first-order chi connectivity index (χ1) is 12.1. The molecule has 0 unspecified atom stereocenters. The largest absolute Gasteiger partial charge is 0.496 e. The Bertz CT molecular complexity index is 744. The van der Waals surface area contributed by atoms with Gasteiger partial charge in [0.25, 0.3) is 0 Å². The second-order valence-electron chi connectivity index (χ2n) is 8.29.